The molecule has 0 spiro atoms. The summed E-state index contributed by atoms with van der Waals surface area (Å²) in [6, 6.07) is 0. The van der Waals surface area contributed by atoms with Crippen molar-refractivity contribution in [2.24, 2.45) is 0 Å². The summed E-state index contributed by atoms with van der Waals surface area (Å²) in [6.45, 7) is 8.33. The lowest BCUT2D eigenvalue weighted by Gasteiger charge is -2.09. The van der Waals surface area contributed by atoms with E-state index in [0.29, 0.717) is 29.9 Å². The summed E-state index contributed by atoms with van der Waals surface area (Å²) in [5, 5.41) is 2.90. The minimum atomic E-state index is -0.156. The lowest BCUT2D eigenvalue weighted by Crippen LogP contribution is -2.28. The molecule has 0 aliphatic rings. The van der Waals surface area contributed by atoms with Gasteiger partial charge in [0.15, 0.2) is 5.78 Å². The van der Waals surface area contributed by atoms with E-state index in [1.54, 1.807) is 20.0 Å². The molecule has 118 valence electrons. The average Bonchev–Trinajstić information content (AvgIpc) is 3.03. The zero-order valence-electron chi connectivity index (χ0n) is 13.5. The third kappa shape index (κ3) is 3.10. The van der Waals surface area contributed by atoms with E-state index in [1.165, 1.54) is 6.92 Å². The van der Waals surface area contributed by atoms with Gasteiger partial charge in [0.2, 0.25) is 0 Å². The summed E-state index contributed by atoms with van der Waals surface area (Å²) >= 11 is 0. The number of nitrogens with one attached hydrogen (secondary N) is 2. The Balaban J connectivity index is 2.03. The van der Waals surface area contributed by atoms with Crippen LogP contribution in [0.15, 0.2) is 12.4 Å². The van der Waals surface area contributed by atoms with Crippen LogP contribution in [0.1, 0.15) is 51.8 Å². The van der Waals surface area contributed by atoms with Crippen LogP contribution in [-0.2, 0) is 13.0 Å². The number of ketones is 1. The summed E-state index contributed by atoms with van der Waals surface area (Å²) in [7, 11) is 0. The predicted octanol–water partition coefficient (Wildman–Crippen LogP) is 2.02. The van der Waals surface area contributed by atoms with E-state index in [9.17, 15) is 9.59 Å². The summed E-state index contributed by atoms with van der Waals surface area (Å²) in [5.74, 6) is 0.782. The van der Waals surface area contributed by atoms with E-state index in [2.05, 4.69) is 15.3 Å². The van der Waals surface area contributed by atoms with Crippen molar-refractivity contribution in [2.75, 3.05) is 6.54 Å². The third-order valence-corrected chi connectivity index (χ3v) is 3.77. The molecule has 0 unspecified atom stereocenters. The van der Waals surface area contributed by atoms with Crippen molar-refractivity contribution in [1.82, 2.24) is 19.9 Å². The summed E-state index contributed by atoms with van der Waals surface area (Å²) in [4.78, 5) is 31.1. The first kappa shape index (κ1) is 16.0. The summed E-state index contributed by atoms with van der Waals surface area (Å²) < 4.78 is 2.03. The molecule has 2 heterocycles. The Labute approximate surface area is 129 Å². The van der Waals surface area contributed by atoms with Gasteiger partial charge in [0.1, 0.15) is 5.82 Å². The molecule has 0 bridgehead atoms. The van der Waals surface area contributed by atoms with Gasteiger partial charge in [-0.25, -0.2) is 4.98 Å². The quantitative estimate of drug-likeness (QED) is 0.801. The molecule has 6 nitrogen and oxygen atoms in total. The number of hydrogen-bond acceptors (Lipinski definition) is 3. The Morgan fingerprint density at radius 1 is 1.36 bits per heavy atom. The molecule has 0 aliphatic heterocycles. The molecule has 0 atom stereocenters. The Morgan fingerprint density at radius 2 is 2.09 bits per heavy atom. The van der Waals surface area contributed by atoms with E-state index < -0.39 is 0 Å². The zero-order chi connectivity index (χ0) is 16.3. The number of Topliss-reactive ketones (excluding diaryl/α,β-unsaturated/α-hetero) is 1. The molecule has 0 aliphatic carbocycles. The number of carbonyl (C=O) groups excluding carboxylic acids is 2. The molecule has 0 radical (unpaired) electrons. The smallest absolute Gasteiger partial charge is 0.253 e. The highest BCUT2D eigenvalue weighted by Crippen LogP contribution is 2.18. The number of aryl methyl sites for hydroxylation is 2. The van der Waals surface area contributed by atoms with Gasteiger partial charge in [-0.1, -0.05) is 6.92 Å². The first-order chi connectivity index (χ1) is 10.5. The molecule has 1 amide bonds. The van der Waals surface area contributed by atoms with Crippen molar-refractivity contribution in [2.45, 2.75) is 40.7 Å². The topological polar surface area (TPSA) is 79.8 Å². The number of hydrogen-bond donors (Lipinski definition) is 2. The van der Waals surface area contributed by atoms with Gasteiger partial charge in [0, 0.05) is 44.5 Å². The first-order valence-electron chi connectivity index (χ1n) is 7.44. The molecular weight excluding hydrogens is 280 g/mol. The number of rotatable bonds is 6. The normalized spacial score (nSPS) is 10.7. The molecule has 22 heavy (non-hydrogen) atoms. The molecule has 0 fully saturated rings. The van der Waals surface area contributed by atoms with Crippen molar-refractivity contribution >= 4 is 11.7 Å². The van der Waals surface area contributed by atoms with Gasteiger partial charge in [-0.15, -0.1) is 0 Å². The van der Waals surface area contributed by atoms with Crippen LogP contribution in [0.4, 0.5) is 0 Å². The molecule has 0 aromatic carbocycles. The van der Waals surface area contributed by atoms with Crippen LogP contribution >= 0.6 is 0 Å². The fraction of sp³-hybridized carbons (Fsp3) is 0.438. The summed E-state index contributed by atoms with van der Waals surface area (Å²) in [6.07, 6.45) is 4.53. The number of carbonyl (C=O) groups is 2. The van der Waals surface area contributed by atoms with Crippen molar-refractivity contribution in [1.29, 1.82) is 0 Å². The predicted molar refractivity (Wildman–Crippen MR) is 84.2 cm³/mol. The lowest BCUT2D eigenvalue weighted by molar-refractivity contribution is 0.0951. The second kappa shape index (κ2) is 6.60. The fourth-order valence-corrected chi connectivity index (χ4v) is 2.68. The fourth-order valence-electron chi connectivity index (χ4n) is 2.68. The molecule has 2 aromatic heterocycles. The zero-order valence-corrected chi connectivity index (χ0v) is 13.5. The van der Waals surface area contributed by atoms with Crippen LogP contribution in [0.5, 0.6) is 0 Å². The molecule has 0 saturated heterocycles. The number of nitrogens with zero attached hydrogens (tertiary/aromatic N) is 2. The van der Waals surface area contributed by atoms with Gasteiger partial charge < -0.3 is 14.9 Å². The second-order valence-electron chi connectivity index (χ2n) is 5.33. The Morgan fingerprint density at radius 3 is 2.68 bits per heavy atom. The minimum Gasteiger partial charge on any atom is -0.355 e. The van der Waals surface area contributed by atoms with E-state index >= 15 is 0 Å². The Kier molecular flexibility index (Phi) is 4.80. The van der Waals surface area contributed by atoms with Gasteiger partial charge in [-0.05, 0) is 19.4 Å². The maximum Gasteiger partial charge on any atom is 0.253 e. The maximum atomic E-state index is 12.3. The highest BCUT2D eigenvalue weighted by molar-refractivity contribution is 6.02. The molecular formula is C16H22N4O2. The van der Waals surface area contributed by atoms with Crippen molar-refractivity contribution < 1.29 is 9.59 Å². The third-order valence-electron chi connectivity index (χ3n) is 3.77. The van der Waals surface area contributed by atoms with Gasteiger partial charge in [0.25, 0.3) is 5.91 Å². The van der Waals surface area contributed by atoms with Crippen LogP contribution in [0.3, 0.4) is 0 Å². The van der Waals surface area contributed by atoms with Crippen LogP contribution in [0, 0.1) is 13.8 Å². The molecule has 2 N–H and O–H groups in total. The van der Waals surface area contributed by atoms with E-state index in [0.717, 1.165) is 17.9 Å². The van der Waals surface area contributed by atoms with Crippen molar-refractivity contribution in [3.05, 3.63) is 40.7 Å². The van der Waals surface area contributed by atoms with Crippen molar-refractivity contribution in [3.8, 4) is 0 Å². The lowest BCUT2D eigenvalue weighted by atomic mass is 10.1. The van der Waals surface area contributed by atoms with Gasteiger partial charge in [-0.3, -0.25) is 9.59 Å². The van der Waals surface area contributed by atoms with E-state index in [-0.39, 0.29) is 11.7 Å². The van der Waals surface area contributed by atoms with Gasteiger partial charge in [0.05, 0.1) is 11.3 Å². The largest absolute Gasteiger partial charge is 0.355 e. The second-order valence-corrected chi connectivity index (χ2v) is 5.33. The van der Waals surface area contributed by atoms with Crippen LogP contribution in [0.25, 0.3) is 0 Å². The molecule has 2 aromatic rings. The Bertz CT molecular complexity index is 697. The molecule has 6 heteroatoms. The van der Waals surface area contributed by atoms with Crippen LogP contribution < -0.4 is 5.32 Å². The number of imidazole rings is 1. The minimum absolute atomic E-state index is 0.0642. The number of aromatic amines is 1. The van der Waals surface area contributed by atoms with Gasteiger partial charge >= 0.3 is 0 Å². The molecule has 0 saturated carbocycles. The van der Waals surface area contributed by atoms with Crippen LogP contribution in [0.2, 0.25) is 0 Å². The summed E-state index contributed by atoms with van der Waals surface area (Å²) in [5.41, 5.74) is 2.49. The van der Waals surface area contributed by atoms with E-state index in [4.69, 9.17) is 0 Å². The standard InChI is InChI=1S/C16H22N4O2/c1-5-13-17-6-8-20(13)9-7-18-16(22)14-10(2)15(12(4)21)19-11(14)3/h6,8,19H,5,7,9H2,1-4H3,(H,18,22). The highest BCUT2D eigenvalue weighted by atomic mass is 16.1. The number of H-pyrrole nitrogens is 1. The van der Waals surface area contributed by atoms with Crippen LogP contribution in [-0.4, -0.2) is 32.8 Å². The monoisotopic (exact) mass is 302 g/mol. The average molecular weight is 302 g/mol. The highest BCUT2D eigenvalue weighted by Gasteiger charge is 2.19. The van der Waals surface area contributed by atoms with E-state index in [1.807, 2.05) is 17.7 Å². The number of aromatic nitrogens is 3. The maximum absolute atomic E-state index is 12.3. The van der Waals surface area contributed by atoms with Crippen molar-refractivity contribution in [3.63, 3.8) is 0 Å². The SMILES string of the molecule is CCc1nccn1CCNC(=O)c1c(C)[nH]c(C(C)=O)c1C. The molecule has 2 rings (SSSR count). The first-order valence-corrected chi connectivity index (χ1v) is 7.44. The Hall–Kier alpha value is -2.37. The van der Waals surface area contributed by atoms with Gasteiger partial charge in [-0.2, -0.15) is 0 Å². The number of amides is 1.